The Bertz CT molecular complexity index is 1090. The summed E-state index contributed by atoms with van der Waals surface area (Å²) in [6, 6.07) is 8.48. The maximum atomic E-state index is 12.9. The smallest absolute Gasteiger partial charge is 0.356 e. The third kappa shape index (κ3) is 4.61. The number of anilines is 2. The molecule has 0 unspecified atom stereocenters. The monoisotopic (exact) mass is 426 g/mol. The number of hydrogen-bond acceptors (Lipinski definition) is 7. The van der Waals surface area contributed by atoms with Crippen LogP contribution in [-0.2, 0) is 11.8 Å². The molecule has 31 heavy (non-hydrogen) atoms. The number of hydrogen-bond donors (Lipinski definition) is 3. The number of amides is 1. The van der Waals surface area contributed by atoms with Gasteiger partial charge in [-0.2, -0.15) is 0 Å². The highest BCUT2D eigenvalue weighted by Crippen LogP contribution is 2.32. The van der Waals surface area contributed by atoms with Crippen LogP contribution in [0.25, 0.3) is 11.0 Å². The zero-order valence-corrected chi connectivity index (χ0v) is 17.9. The van der Waals surface area contributed by atoms with Crippen molar-refractivity contribution in [3.05, 3.63) is 47.8 Å². The second-order valence-corrected chi connectivity index (χ2v) is 7.11. The van der Waals surface area contributed by atoms with E-state index in [1.165, 1.54) is 7.11 Å². The van der Waals surface area contributed by atoms with Gasteiger partial charge in [-0.3, -0.25) is 4.79 Å². The summed E-state index contributed by atoms with van der Waals surface area (Å²) < 4.78 is 11.7. The molecule has 0 spiro atoms. The number of aromatic nitrogens is 2. The molecule has 0 aliphatic carbocycles. The van der Waals surface area contributed by atoms with Crippen LogP contribution in [0.2, 0.25) is 0 Å². The van der Waals surface area contributed by atoms with Gasteiger partial charge in [-0.25, -0.2) is 9.78 Å². The molecule has 3 aromatic rings. The Hall–Kier alpha value is -3.59. The van der Waals surface area contributed by atoms with Gasteiger partial charge in [0, 0.05) is 30.6 Å². The lowest BCUT2D eigenvalue weighted by Gasteiger charge is -2.13. The van der Waals surface area contributed by atoms with Crippen LogP contribution in [0.1, 0.15) is 34.2 Å². The summed E-state index contributed by atoms with van der Waals surface area (Å²) >= 11 is 0. The van der Waals surface area contributed by atoms with Gasteiger partial charge >= 0.3 is 5.97 Å². The third-order valence-electron chi connectivity index (χ3n) is 4.97. The van der Waals surface area contributed by atoms with E-state index < -0.39 is 5.97 Å². The van der Waals surface area contributed by atoms with Crippen molar-refractivity contribution in [3.63, 3.8) is 0 Å². The standard InChI is InChI=1S/C22H26N4O5/c1-13(9-10-27)24-15-11-17-18(19(22(29)31-4)26(2)20(17)23-12-15)25-21(28)14-5-7-16(30-3)8-6-14/h5-8,11-13,24,27H,9-10H2,1-4H3,(H,25,28)/t13-/m0/s1. The highest BCUT2D eigenvalue weighted by molar-refractivity contribution is 6.14. The van der Waals surface area contributed by atoms with Crippen LogP contribution in [0, 0.1) is 0 Å². The summed E-state index contributed by atoms with van der Waals surface area (Å²) in [7, 11) is 4.52. The van der Waals surface area contributed by atoms with Crippen LogP contribution in [0.15, 0.2) is 36.5 Å². The van der Waals surface area contributed by atoms with Crippen molar-refractivity contribution < 1.29 is 24.2 Å². The minimum atomic E-state index is -0.589. The van der Waals surface area contributed by atoms with Gasteiger partial charge in [0.1, 0.15) is 11.4 Å². The number of fused-ring (bicyclic) bond motifs is 1. The van der Waals surface area contributed by atoms with Crippen LogP contribution in [0.4, 0.5) is 11.4 Å². The normalized spacial score (nSPS) is 11.8. The van der Waals surface area contributed by atoms with Crippen LogP contribution >= 0.6 is 0 Å². The summed E-state index contributed by atoms with van der Waals surface area (Å²) in [6.07, 6.45) is 2.22. The van der Waals surface area contributed by atoms with E-state index >= 15 is 0 Å². The number of aliphatic hydroxyl groups excluding tert-OH is 1. The number of carbonyl (C=O) groups is 2. The fourth-order valence-electron chi connectivity index (χ4n) is 3.33. The fraction of sp³-hybridized carbons (Fsp3) is 0.318. The molecule has 0 saturated heterocycles. The summed E-state index contributed by atoms with van der Waals surface area (Å²) in [5.74, 6) is -0.338. The molecule has 9 heteroatoms. The topological polar surface area (TPSA) is 115 Å². The van der Waals surface area contributed by atoms with Gasteiger partial charge in [-0.15, -0.1) is 0 Å². The number of esters is 1. The molecule has 1 atom stereocenters. The second kappa shape index (κ2) is 9.48. The van der Waals surface area contributed by atoms with Crippen molar-refractivity contribution in [3.8, 4) is 5.75 Å². The van der Waals surface area contributed by atoms with Gasteiger partial charge in [-0.1, -0.05) is 0 Å². The molecule has 3 N–H and O–H groups in total. The van der Waals surface area contributed by atoms with Crippen LogP contribution in [0.5, 0.6) is 5.75 Å². The molecule has 2 aromatic heterocycles. The quantitative estimate of drug-likeness (QED) is 0.475. The largest absolute Gasteiger partial charge is 0.497 e. The van der Waals surface area contributed by atoms with Crippen LogP contribution in [0.3, 0.4) is 0 Å². The third-order valence-corrected chi connectivity index (χ3v) is 4.97. The average molecular weight is 426 g/mol. The number of methoxy groups -OCH3 is 2. The predicted octanol–water partition coefficient (Wildman–Crippen LogP) is 2.80. The molecule has 0 radical (unpaired) electrons. The van der Waals surface area contributed by atoms with Crippen molar-refractivity contribution >= 4 is 34.3 Å². The summed E-state index contributed by atoms with van der Waals surface area (Å²) in [5.41, 5.74) is 2.14. The number of aliphatic hydroxyl groups is 1. The number of nitrogens with one attached hydrogen (secondary N) is 2. The highest BCUT2D eigenvalue weighted by atomic mass is 16.5. The lowest BCUT2D eigenvalue weighted by atomic mass is 10.1. The van der Waals surface area contributed by atoms with Crippen LogP contribution < -0.4 is 15.4 Å². The molecular formula is C22H26N4O5. The minimum Gasteiger partial charge on any atom is -0.497 e. The first kappa shape index (κ1) is 22.1. The summed E-state index contributed by atoms with van der Waals surface area (Å²) in [5, 5.41) is 15.8. The van der Waals surface area contributed by atoms with Gasteiger partial charge in [0.05, 0.1) is 31.8 Å². The van der Waals surface area contributed by atoms with E-state index in [0.717, 1.165) is 0 Å². The van der Waals surface area contributed by atoms with Crippen molar-refractivity contribution in [1.29, 1.82) is 0 Å². The predicted molar refractivity (Wildman–Crippen MR) is 118 cm³/mol. The molecule has 9 nitrogen and oxygen atoms in total. The number of nitrogens with zero attached hydrogens (tertiary/aromatic N) is 2. The highest BCUT2D eigenvalue weighted by Gasteiger charge is 2.25. The van der Waals surface area contributed by atoms with E-state index in [4.69, 9.17) is 14.6 Å². The molecule has 1 aromatic carbocycles. The number of ether oxygens (including phenoxy) is 2. The van der Waals surface area contributed by atoms with Crippen molar-refractivity contribution in [1.82, 2.24) is 9.55 Å². The first-order valence-electron chi connectivity index (χ1n) is 9.79. The Morgan fingerprint density at radius 3 is 2.55 bits per heavy atom. The second-order valence-electron chi connectivity index (χ2n) is 7.11. The van der Waals surface area contributed by atoms with E-state index in [1.807, 2.05) is 13.0 Å². The Labute approximate surface area is 180 Å². The molecule has 0 bridgehead atoms. The fourth-order valence-corrected chi connectivity index (χ4v) is 3.33. The zero-order chi connectivity index (χ0) is 22.5. The van der Waals surface area contributed by atoms with Crippen molar-refractivity contribution in [2.24, 2.45) is 7.05 Å². The SMILES string of the molecule is COC(=O)c1c(NC(=O)c2ccc(OC)cc2)c2cc(N[C@@H](C)CCO)cnc2n1C. The van der Waals surface area contributed by atoms with Gasteiger partial charge in [0.15, 0.2) is 5.69 Å². The Morgan fingerprint density at radius 2 is 1.94 bits per heavy atom. The average Bonchev–Trinajstić information content (AvgIpc) is 3.04. The van der Waals surface area contributed by atoms with Gasteiger partial charge < -0.3 is 29.8 Å². The maximum absolute atomic E-state index is 12.9. The Balaban J connectivity index is 2.04. The first-order valence-corrected chi connectivity index (χ1v) is 9.79. The summed E-state index contributed by atoms with van der Waals surface area (Å²) in [4.78, 5) is 29.8. The van der Waals surface area contributed by atoms with Crippen molar-refractivity contribution in [2.75, 3.05) is 31.5 Å². The first-order chi connectivity index (χ1) is 14.9. The molecule has 164 valence electrons. The maximum Gasteiger partial charge on any atom is 0.356 e. The van der Waals surface area contributed by atoms with Gasteiger partial charge in [0.2, 0.25) is 0 Å². The Morgan fingerprint density at radius 1 is 1.23 bits per heavy atom. The van der Waals surface area contributed by atoms with E-state index in [9.17, 15) is 9.59 Å². The number of rotatable bonds is 8. The molecule has 2 heterocycles. The molecular weight excluding hydrogens is 400 g/mol. The van der Waals surface area contributed by atoms with Crippen molar-refractivity contribution in [2.45, 2.75) is 19.4 Å². The Kier molecular flexibility index (Phi) is 6.76. The van der Waals surface area contributed by atoms with Gasteiger partial charge in [-0.05, 0) is 43.7 Å². The number of benzene rings is 1. The molecule has 3 rings (SSSR count). The van der Waals surface area contributed by atoms with Gasteiger partial charge in [0.25, 0.3) is 5.91 Å². The zero-order valence-electron chi connectivity index (χ0n) is 17.9. The van der Waals surface area contributed by atoms with E-state index in [1.54, 1.807) is 49.2 Å². The number of aryl methyl sites for hydroxylation is 1. The van der Waals surface area contributed by atoms with E-state index in [0.29, 0.717) is 40.1 Å². The minimum absolute atomic E-state index is 0.0189. The molecule has 0 saturated carbocycles. The number of carbonyl (C=O) groups excluding carboxylic acids is 2. The molecule has 0 aliphatic rings. The molecule has 1 amide bonds. The van der Waals surface area contributed by atoms with E-state index in [-0.39, 0.29) is 24.2 Å². The number of pyridine rings is 1. The molecule has 0 fully saturated rings. The van der Waals surface area contributed by atoms with Crippen LogP contribution in [-0.4, -0.2) is 53.4 Å². The molecule has 0 aliphatic heterocycles. The lowest BCUT2D eigenvalue weighted by Crippen LogP contribution is -2.17. The summed E-state index contributed by atoms with van der Waals surface area (Å²) in [6.45, 7) is 2.00. The lowest BCUT2D eigenvalue weighted by molar-refractivity contribution is 0.0591. The van der Waals surface area contributed by atoms with E-state index in [2.05, 4.69) is 15.6 Å².